The molecule has 3 nitrogen and oxygen atoms in total. The van der Waals surface area contributed by atoms with E-state index in [-0.39, 0.29) is 0 Å². The Bertz CT molecular complexity index is 694. The van der Waals surface area contributed by atoms with Crippen LogP contribution < -0.4 is 14.4 Å². The van der Waals surface area contributed by atoms with Gasteiger partial charge in [0.05, 0.1) is 14.2 Å². The molecule has 0 atom stereocenters. The molecular weight excluding hydrogens is 274 g/mol. The van der Waals surface area contributed by atoms with E-state index in [0.717, 1.165) is 31.0 Å². The fourth-order valence-corrected chi connectivity index (χ4v) is 3.32. The van der Waals surface area contributed by atoms with E-state index in [4.69, 9.17) is 9.47 Å². The number of anilines is 1. The maximum Gasteiger partial charge on any atom is 0.161 e. The molecule has 1 aliphatic heterocycles. The van der Waals surface area contributed by atoms with Gasteiger partial charge in [-0.3, -0.25) is 0 Å². The van der Waals surface area contributed by atoms with Gasteiger partial charge in [0.25, 0.3) is 0 Å². The van der Waals surface area contributed by atoms with Crippen LogP contribution in [0.2, 0.25) is 0 Å². The van der Waals surface area contributed by atoms with Crippen LogP contribution in [0, 0.1) is 0 Å². The van der Waals surface area contributed by atoms with Crippen molar-refractivity contribution in [1.29, 1.82) is 0 Å². The lowest BCUT2D eigenvalue weighted by atomic mass is 9.90. The van der Waals surface area contributed by atoms with Crippen molar-refractivity contribution in [2.24, 2.45) is 0 Å². The predicted molar refractivity (Wildman–Crippen MR) is 91.1 cm³/mol. The molecule has 0 saturated heterocycles. The molecule has 0 spiro atoms. The van der Waals surface area contributed by atoms with Crippen LogP contribution in [0.5, 0.6) is 11.5 Å². The lowest BCUT2D eigenvalue weighted by molar-refractivity contribution is 0.354. The summed E-state index contributed by atoms with van der Waals surface area (Å²) < 4.78 is 10.9. The molecule has 3 heteroatoms. The normalized spacial score (nSPS) is 12.6. The lowest BCUT2D eigenvalue weighted by Crippen LogP contribution is -2.27. The summed E-state index contributed by atoms with van der Waals surface area (Å²) in [5.74, 6) is 1.59. The van der Waals surface area contributed by atoms with Gasteiger partial charge in [0.2, 0.25) is 0 Å². The molecule has 0 fully saturated rings. The Morgan fingerprint density at radius 3 is 2.36 bits per heavy atom. The van der Waals surface area contributed by atoms with Gasteiger partial charge in [-0.25, -0.2) is 0 Å². The van der Waals surface area contributed by atoms with Crippen LogP contribution in [-0.4, -0.2) is 20.8 Å². The quantitative estimate of drug-likeness (QED) is 0.841. The number of nitrogens with zero attached hydrogens (tertiary/aromatic N) is 1. The van der Waals surface area contributed by atoms with Gasteiger partial charge in [-0.1, -0.05) is 25.1 Å². The highest BCUT2D eigenvalue weighted by Gasteiger charge is 2.25. The van der Waals surface area contributed by atoms with E-state index in [1.165, 1.54) is 27.9 Å². The zero-order chi connectivity index (χ0) is 15.7. The van der Waals surface area contributed by atoms with Gasteiger partial charge in [-0.05, 0) is 42.2 Å². The Labute approximate surface area is 132 Å². The Balaban J connectivity index is 2.25. The third-order valence-corrected chi connectivity index (χ3v) is 4.46. The Kier molecular flexibility index (Phi) is 3.97. The SMILES string of the molecule is CCc1cccc2c1N(CC)Cc1cc(OC)c(OC)cc1-2. The summed E-state index contributed by atoms with van der Waals surface area (Å²) in [7, 11) is 3.38. The molecule has 0 bridgehead atoms. The molecule has 116 valence electrons. The van der Waals surface area contributed by atoms with Crippen molar-refractivity contribution in [2.75, 3.05) is 25.7 Å². The van der Waals surface area contributed by atoms with Crippen LogP contribution in [0.3, 0.4) is 0 Å². The Morgan fingerprint density at radius 2 is 1.73 bits per heavy atom. The van der Waals surface area contributed by atoms with E-state index in [1.807, 2.05) is 0 Å². The first kappa shape index (κ1) is 14.8. The van der Waals surface area contributed by atoms with Gasteiger partial charge >= 0.3 is 0 Å². The van der Waals surface area contributed by atoms with Crippen molar-refractivity contribution in [2.45, 2.75) is 26.8 Å². The largest absolute Gasteiger partial charge is 0.493 e. The van der Waals surface area contributed by atoms with Crippen LogP contribution >= 0.6 is 0 Å². The van der Waals surface area contributed by atoms with Crippen molar-refractivity contribution in [3.05, 3.63) is 41.5 Å². The van der Waals surface area contributed by atoms with Crippen LogP contribution in [0.15, 0.2) is 30.3 Å². The summed E-state index contributed by atoms with van der Waals surface area (Å²) in [5, 5.41) is 0. The molecule has 0 radical (unpaired) electrons. The number of hydrogen-bond acceptors (Lipinski definition) is 3. The number of benzene rings is 2. The summed E-state index contributed by atoms with van der Waals surface area (Å²) >= 11 is 0. The van der Waals surface area contributed by atoms with Gasteiger partial charge < -0.3 is 14.4 Å². The highest BCUT2D eigenvalue weighted by molar-refractivity contribution is 5.87. The van der Waals surface area contributed by atoms with Crippen molar-refractivity contribution < 1.29 is 9.47 Å². The van der Waals surface area contributed by atoms with Crippen LogP contribution in [0.1, 0.15) is 25.0 Å². The molecule has 22 heavy (non-hydrogen) atoms. The maximum atomic E-state index is 5.49. The fourth-order valence-electron chi connectivity index (χ4n) is 3.32. The summed E-state index contributed by atoms with van der Waals surface area (Å²) in [6, 6.07) is 10.8. The van der Waals surface area contributed by atoms with Crippen molar-refractivity contribution in [3.63, 3.8) is 0 Å². The molecule has 0 saturated carbocycles. The van der Waals surface area contributed by atoms with Crippen molar-refractivity contribution in [3.8, 4) is 22.6 Å². The predicted octanol–water partition coefficient (Wildman–Crippen LogP) is 4.27. The molecule has 3 rings (SSSR count). The topological polar surface area (TPSA) is 21.7 Å². The number of para-hydroxylation sites is 1. The highest BCUT2D eigenvalue weighted by atomic mass is 16.5. The summed E-state index contributed by atoms with van der Waals surface area (Å²) in [6.45, 7) is 6.34. The average molecular weight is 297 g/mol. The molecule has 0 aliphatic carbocycles. The van der Waals surface area contributed by atoms with Crippen molar-refractivity contribution >= 4 is 5.69 Å². The summed E-state index contributed by atoms with van der Waals surface area (Å²) in [4.78, 5) is 2.45. The smallest absolute Gasteiger partial charge is 0.161 e. The van der Waals surface area contributed by atoms with E-state index in [0.29, 0.717) is 0 Å². The molecule has 0 unspecified atom stereocenters. The van der Waals surface area contributed by atoms with Gasteiger partial charge in [0, 0.05) is 24.3 Å². The zero-order valence-electron chi connectivity index (χ0n) is 13.8. The second-order valence-corrected chi connectivity index (χ2v) is 5.55. The minimum Gasteiger partial charge on any atom is -0.493 e. The second kappa shape index (κ2) is 5.91. The third-order valence-electron chi connectivity index (χ3n) is 4.46. The van der Waals surface area contributed by atoms with Gasteiger partial charge in [0.1, 0.15) is 0 Å². The maximum absolute atomic E-state index is 5.49. The molecule has 1 heterocycles. The highest BCUT2D eigenvalue weighted by Crippen LogP contribution is 2.45. The van der Waals surface area contributed by atoms with E-state index < -0.39 is 0 Å². The Morgan fingerprint density at radius 1 is 1.00 bits per heavy atom. The van der Waals surface area contributed by atoms with Crippen LogP contribution in [0.25, 0.3) is 11.1 Å². The number of hydrogen-bond donors (Lipinski definition) is 0. The molecule has 1 aliphatic rings. The zero-order valence-corrected chi connectivity index (χ0v) is 13.8. The monoisotopic (exact) mass is 297 g/mol. The van der Waals surface area contributed by atoms with E-state index in [9.17, 15) is 0 Å². The first-order valence-corrected chi connectivity index (χ1v) is 7.85. The molecule has 0 N–H and O–H groups in total. The number of fused-ring (bicyclic) bond motifs is 3. The minimum atomic E-state index is 0.791. The first-order valence-electron chi connectivity index (χ1n) is 7.85. The number of aryl methyl sites for hydroxylation is 1. The molecule has 2 aromatic rings. The minimum absolute atomic E-state index is 0.791. The van der Waals surface area contributed by atoms with Crippen molar-refractivity contribution in [1.82, 2.24) is 0 Å². The summed E-state index contributed by atoms with van der Waals surface area (Å²) in [6.07, 6.45) is 1.04. The second-order valence-electron chi connectivity index (χ2n) is 5.55. The standard InChI is InChI=1S/C19H23NO2/c1-5-13-8-7-9-15-16-11-18(22-4)17(21-3)10-14(16)12-20(6-2)19(13)15/h7-11H,5-6,12H2,1-4H3. The first-order chi connectivity index (χ1) is 10.7. The van der Waals surface area contributed by atoms with Gasteiger partial charge in [0.15, 0.2) is 11.5 Å². The van der Waals surface area contributed by atoms with Gasteiger partial charge in [-0.15, -0.1) is 0 Å². The molecule has 0 amide bonds. The number of rotatable bonds is 4. The van der Waals surface area contributed by atoms with E-state index in [2.05, 4.69) is 49.1 Å². The molecular formula is C19H23NO2. The fraction of sp³-hybridized carbons (Fsp3) is 0.368. The lowest BCUT2D eigenvalue weighted by Gasteiger charge is -2.34. The molecule has 2 aromatic carbocycles. The van der Waals surface area contributed by atoms with E-state index in [1.54, 1.807) is 14.2 Å². The number of ether oxygens (including phenoxy) is 2. The number of methoxy groups -OCH3 is 2. The average Bonchev–Trinajstić information content (AvgIpc) is 2.58. The summed E-state index contributed by atoms with van der Waals surface area (Å²) in [5.41, 5.74) is 6.61. The molecule has 0 aromatic heterocycles. The van der Waals surface area contributed by atoms with Crippen LogP contribution in [0.4, 0.5) is 5.69 Å². The van der Waals surface area contributed by atoms with Crippen LogP contribution in [-0.2, 0) is 13.0 Å². The Hall–Kier alpha value is -2.16. The third kappa shape index (κ3) is 2.21. The van der Waals surface area contributed by atoms with Gasteiger partial charge in [-0.2, -0.15) is 0 Å². The van der Waals surface area contributed by atoms with E-state index >= 15 is 0 Å².